The van der Waals surface area contributed by atoms with Gasteiger partial charge in [0.15, 0.2) is 5.65 Å². The van der Waals surface area contributed by atoms with E-state index in [1.165, 1.54) is 11.3 Å². The van der Waals surface area contributed by atoms with Gasteiger partial charge < -0.3 is 0 Å². The lowest BCUT2D eigenvalue weighted by molar-refractivity contribution is 0.744. The van der Waals surface area contributed by atoms with Crippen molar-refractivity contribution in [3.8, 4) is 11.1 Å². The number of aryl methyl sites for hydroxylation is 1. The van der Waals surface area contributed by atoms with E-state index in [1.54, 1.807) is 0 Å². The highest BCUT2D eigenvalue weighted by molar-refractivity contribution is 5.79. The third kappa shape index (κ3) is 1.91. The second-order valence-electron chi connectivity index (χ2n) is 5.09. The van der Waals surface area contributed by atoms with Crippen LogP contribution in [0.1, 0.15) is 31.2 Å². The Kier molecular flexibility index (Phi) is 2.82. The molecule has 3 rings (SSSR count). The van der Waals surface area contributed by atoms with Crippen LogP contribution in [-0.4, -0.2) is 14.6 Å². The van der Waals surface area contributed by atoms with Crippen LogP contribution in [0.2, 0.25) is 0 Å². The average Bonchev–Trinajstić information content (AvgIpc) is 2.75. The summed E-state index contributed by atoms with van der Waals surface area (Å²) in [6, 6.07) is 12.4. The Morgan fingerprint density at radius 3 is 2.47 bits per heavy atom. The molecule has 0 spiro atoms. The van der Waals surface area contributed by atoms with Gasteiger partial charge in [0.25, 0.3) is 0 Å². The van der Waals surface area contributed by atoms with Gasteiger partial charge in [-0.05, 0) is 24.5 Å². The summed E-state index contributed by atoms with van der Waals surface area (Å²) in [5, 5.41) is 4.66. The monoisotopic (exact) mass is 251 g/mol. The maximum absolute atomic E-state index is 4.66. The van der Waals surface area contributed by atoms with Crippen molar-refractivity contribution >= 4 is 5.65 Å². The predicted molar refractivity (Wildman–Crippen MR) is 77.2 cm³/mol. The van der Waals surface area contributed by atoms with Gasteiger partial charge in [0.05, 0.1) is 5.69 Å². The zero-order valence-corrected chi connectivity index (χ0v) is 11.5. The lowest BCUT2D eigenvalue weighted by atomic mass is 10.1. The van der Waals surface area contributed by atoms with E-state index in [9.17, 15) is 0 Å². The number of aromatic nitrogens is 3. The summed E-state index contributed by atoms with van der Waals surface area (Å²) in [6.07, 6.45) is 1.87. The van der Waals surface area contributed by atoms with Crippen LogP contribution in [-0.2, 0) is 0 Å². The van der Waals surface area contributed by atoms with Crippen molar-refractivity contribution in [3.05, 3.63) is 54.0 Å². The SMILES string of the molecule is Cc1nn2c(C(C)C)ccnc2c1-c1ccccc1. The van der Waals surface area contributed by atoms with Crippen LogP contribution in [0.3, 0.4) is 0 Å². The van der Waals surface area contributed by atoms with Crippen molar-refractivity contribution < 1.29 is 0 Å². The zero-order chi connectivity index (χ0) is 13.4. The second kappa shape index (κ2) is 4.50. The van der Waals surface area contributed by atoms with Crippen LogP contribution in [0.4, 0.5) is 0 Å². The van der Waals surface area contributed by atoms with E-state index in [-0.39, 0.29) is 0 Å². The first kappa shape index (κ1) is 11.9. The van der Waals surface area contributed by atoms with E-state index >= 15 is 0 Å². The third-order valence-corrected chi connectivity index (χ3v) is 3.38. The molecule has 96 valence electrons. The van der Waals surface area contributed by atoms with Crippen LogP contribution in [0.25, 0.3) is 16.8 Å². The molecule has 0 saturated carbocycles. The molecule has 0 unspecified atom stereocenters. The molecule has 0 bridgehead atoms. The Morgan fingerprint density at radius 2 is 1.79 bits per heavy atom. The molecule has 0 aliphatic heterocycles. The van der Waals surface area contributed by atoms with Gasteiger partial charge >= 0.3 is 0 Å². The molecule has 0 saturated heterocycles. The Bertz CT molecular complexity index is 711. The molecule has 0 fully saturated rings. The molecule has 0 aliphatic carbocycles. The van der Waals surface area contributed by atoms with Crippen molar-refractivity contribution in [2.75, 3.05) is 0 Å². The fourth-order valence-electron chi connectivity index (χ4n) is 2.45. The summed E-state index contributed by atoms with van der Waals surface area (Å²) in [6.45, 7) is 6.39. The standard InChI is InChI=1S/C16H17N3/c1-11(2)14-9-10-17-16-15(12(3)18-19(14)16)13-7-5-4-6-8-13/h4-11H,1-3H3. The minimum absolute atomic E-state index is 0.424. The molecule has 3 nitrogen and oxygen atoms in total. The van der Waals surface area contributed by atoms with E-state index in [1.807, 2.05) is 41.9 Å². The van der Waals surface area contributed by atoms with Crippen LogP contribution in [0.5, 0.6) is 0 Å². The minimum atomic E-state index is 0.424. The lowest BCUT2D eigenvalue weighted by Crippen LogP contribution is -2.01. The van der Waals surface area contributed by atoms with Crippen molar-refractivity contribution in [2.24, 2.45) is 0 Å². The van der Waals surface area contributed by atoms with Crippen LogP contribution >= 0.6 is 0 Å². The molecule has 19 heavy (non-hydrogen) atoms. The third-order valence-electron chi connectivity index (χ3n) is 3.38. The maximum Gasteiger partial charge on any atom is 0.163 e. The van der Waals surface area contributed by atoms with Crippen molar-refractivity contribution in [2.45, 2.75) is 26.7 Å². The van der Waals surface area contributed by atoms with Crippen molar-refractivity contribution in [1.29, 1.82) is 0 Å². The van der Waals surface area contributed by atoms with Gasteiger partial charge in [0, 0.05) is 17.5 Å². The molecular weight excluding hydrogens is 234 g/mol. The molecule has 2 aromatic heterocycles. The quantitative estimate of drug-likeness (QED) is 0.693. The summed E-state index contributed by atoms with van der Waals surface area (Å²) in [7, 11) is 0. The highest BCUT2D eigenvalue weighted by atomic mass is 15.3. The number of rotatable bonds is 2. The molecule has 3 aromatic rings. The molecule has 2 heterocycles. The molecule has 0 radical (unpaired) electrons. The van der Waals surface area contributed by atoms with Gasteiger partial charge in [-0.15, -0.1) is 0 Å². The van der Waals surface area contributed by atoms with Crippen LogP contribution < -0.4 is 0 Å². The summed E-state index contributed by atoms with van der Waals surface area (Å²) < 4.78 is 1.97. The Morgan fingerprint density at radius 1 is 1.05 bits per heavy atom. The predicted octanol–water partition coefficient (Wildman–Crippen LogP) is 3.83. The largest absolute Gasteiger partial charge is 0.236 e. The fourth-order valence-corrected chi connectivity index (χ4v) is 2.45. The number of fused-ring (bicyclic) bond motifs is 1. The van der Waals surface area contributed by atoms with Gasteiger partial charge in [-0.2, -0.15) is 5.10 Å². The number of benzene rings is 1. The van der Waals surface area contributed by atoms with E-state index < -0.39 is 0 Å². The summed E-state index contributed by atoms with van der Waals surface area (Å²) in [4.78, 5) is 4.52. The van der Waals surface area contributed by atoms with Gasteiger partial charge in [0.2, 0.25) is 0 Å². The van der Waals surface area contributed by atoms with Gasteiger partial charge in [0.1, 0.15) is 0 Å². The van der Waals surface area contributed by atoms with E-state index in [2.05, 4.69) is 36.1 Å². The van der Waals surface area contributed by atoms with Gasteiger partial charge in [-0.3, -0.25) is 0 Å². The first-order valence-electron chi connectivity index (χ1n) is 6.58. The van der Waals surface area contributed by atoms with Crippen LogP contribution in [0.15, 0.2) is 42.6 Å². The molecule has 3 heteroatoms. The fraction of sp³-hybridized carbons (Fsp3) is 0.250. The minimum Gasteiger partial charge on any atom is -0.236 e. The van der Waals surface area contributed by atoms with E-state index in [4.69, 9.17) is 0 Å². The molecule has 0 atom stereocenters. The first-order chi connectivity index (χ1) is 9.18. The summed E-state index contributed by atoms with van der Waals surface area (Å²) >= 11 is 0. The van der Waals surface area contributed by atoms with Crippen LogP contribution in [0, 0.1) is 6.92 Å². The number of hydrogen-bond donors (Lipinski definition) is 0. The zero-order valence-electron chi connectivity index (χ0n) is 11.5. The lowest BCUT2D eigenvalue weighted by Gasteiger charge is -2.07. The molecular formula is C16H17N3. The smallest absolute Gasteiger partial charge is 0.163 e. The summed E-state index contributed by atoms with van der Waals surface area (Å²) in [5.74, 6) is 0.424. The second-order valence-corrected chi connectivity index (χ2v) is 5.09. The topological polar surface area (TPSA) is 30.2 Å². The normalized spacial score (nSPS) is 11.4. The average molecular weight is 251 g/mol. The molecule has 0 aliphatic rings. The van der Waals surface area contributed by atoms with Gasteiger partial charge in [-0.1, -0.05) is 44.2 Å². The highest BCUT2D eigenvalue weighted by Gasteiger charge is 2.15. The number of nitrogens with zero attached hydrogens (tertiary/aromatic N) is 3. The van der Waals surface area contributed by atoms with E-state index in [0.717, 1.165) is 16.9 Å². The summed E-state index contributed by atoms with van der Waals surface area (Å²) in [5.41, 5.74) is 5.45. The molecule has 0 amide bonds. The van der Waals surface area contributed by atoms with Crippen molar-refractivity contribution in [3.63, 3.8) is 0 Å². The maximum atomic E-state index is 4.66. The van der Waals surface area contributed by atoms with E-state index in [0.29, 0.717) is 5.92 Å². The number of hydrogen-bond acceptors (Lipinski definition) is 2. The Labute approximate surface area is 112 Å². The molecule has 0 N–H and O–H groups in total. The highest BCUT2D eigenvalue weighted by Crippen LogP contribution is 2.28. The Hall–Kier alpha value is -2.16. The Balaban J connectivity index is 2.33. The first-order valence-corrected chi connectivity index (χ1v) is 6.58. The van der Waals surface area contributed by atoms with Crippen molar-refractivity contribution in [1.82, 2.24) is 14.6 Å². The molecule has 1 aromatic carbocycles. The van der Waals surface area contributed by atoms with Gasteiger partial charge in [-0.25, -0.2) is 9.50 Å².